The number of carbonyl (C=O) groups excluding carboxylic acids is 2. The lowest BCUT2D eigenvalue weighted by Crippen LogP contribution is -2.35. The number of nitrogens with zero attached hydrogens (tertiary/aromatic N) is 1. The molecule has 3 amide bonds. The molecule has 5 heteroatoms. The third kappa shape index (κ3) is 5.30. The zero-order chi connectivity index (χ0) is 14.9. The maximum absolute atomic E-state index is 11.5. The smallest absolute Gasteiger partial charge is 0.318 e. The van der Waals surface area contributed by atoms with Crippen molar-refractivity contribution in [2.45, 2.75) is 19.3 Å². The van der Waals surface area contributed by atoms with Crippen LogP contribution in [-0.2, 0) is 4.79 Å². The van der Waals surface area contributed by atoms with Gasteiger partial charge in [-0.1, -0.05) is 30.3 Å². The summed E-state index contributed by atoms with van der Waals surface area (Å²) in [5, 5.41) is 5.43. The lowest BCUT2D eigenvalue weighted by atomic mass is 10.2. The van der Waals surface area contributed by atoms with Crippen LogP contribution in [0.5, 0.6) is 0 Å². The summed E-state index contributed by atoms with van der Waals surface area (Å²) in [6.07, 6.45) is 5.86. The van der Waals surface area contributed by atoms with Crippen molar-refractivity contribution in [1.29, 1.82) is 0 Å². The van der Waals surface area contributed by atoms with Crippen LogP contribution in [0.4, 0.5) is 4.79 Å². The van der Waals surface area contributed by atoms with Crippen LogP contribution in [0, 0.1) is 0 Å². The second-order valence-electron chi connectivity index (χ2n) is 4.98. The van der Waals surface area contributed by atoms with Crippen LogP contribution in [-0.4, -0.2) is 36.5 Å². The van der Waals surface area contributed by atoms with Gasteiger partial charge in [0.05, 0.1) is 0 Å². The van der Waals surface area contributed by atoms with Crippen LogP contribution >= 0.6 is 0 Å². The van der Waals surface area contributed by atoms with Crippen LogP contribution in [0.25, 0.3) is 6.08 Å². The van der Waals surface area contributed by atoms with E-state index in [0.29, 0.717) is 13.0 Å². The van der Waals surface area contributed by atoms with Gasteiger partial charge in [0.25, 0.3) is 0 Å². The fraction of sp³-hybridized carbons (Fsp3) is 0.375. The van der Waals surface area contributed by atoms with Gasteiger partial charge in [-0.25, -0.2) is 4.79 Å². The SMILES string of the molecule is O=C(N/C=C/c1ccccc1)NCCCN1CCCC1=O. The van der Waals surface area contributed by atoms with E-state index in [1.807, 2.05) is 41.3 Å². The summed E-state index contributed by atoms with van der Waals surface area (Å²) in [5.41, 5.74) is 1.03. The summed E-state index contributed by atoms with van der Waals surface area (Å²) in [5.74, 6) is 0.227. The second-order valence-corrected chi connectivity index (χ2v) is 4.98. The highest BCUT2D eigenvalue weighted by Gasteiger charge is 2.18. The topological polar surface area (TPSA) is 61.4 Å². The van der Waals surface area contributed by atoms with Gasteiger partial charge >= 0.3 is 6.03 Å². The van der Waals surface area contributed by atoms with Crippen molar-refractivity contribution in [3.05, 3.63) is 42.1 Å². The minimum atomic E-state index is -0.227. The van der Waals surface area contributed by atoms with Gasteiger partial charge in [0, 0.05) is 32.3 Å². The van der Waals surface area contributed by atoms with Crippen molar-refractivity contribution in [3.8, 4) is 0 Å². The van der Waals surface area contributed by atoms with Crippen molar-refractivity contribution in [1.82, 2.24) is 15.5 Å². The number of rotatable bonds is 6. The predicted octanol–water partition coefficient (Wildman–Crippen LogP) is 1.97. The minimum absolute atomic E-state index is 0.227. The summed E-state index contributed by atoms with van der Waals surface area (Å²) in [6, 6.07) is 9.53. The average Bonchev–Trinajstić information content (AvgIpc) is 2.90. The fourth-order valence-electron chi connectivity index (χ4n) is 2.24. The Balaban J connectivity index is 1.57. The second kappa shape index (κ2) is 8.09. The molecule has 0 saturated carbocycles. The zero-order valence-corrected chi connectivity index (χ0v) is 12.0. The number of benzene rings is 1. The Morgan fingerprint density at radius 1 is 1.29 bits per heavy atom. The van der Waals surface area contributed by atoms with Crippen LogP contribution in [0.2, 0.25) is 0 Å². The molecule has 112 valence electrons. The molecule has 1 aromatic rings. The summed E-state index contributed by atoms with van der Waals surface area (Å²) >= 11 is 0. The van der Waals surface area contributed by atoms with Crippen molar-refractivity contribution in [2.75, 3.05) is 19.6 Å². The Hall–Kier alpha value is -2.30. The highest BCUT2D eigenvalue weighted by molar-refractivity contribution is 5.78. The van der Waals surface area contributed by atoms with Gasteiger partial charge in [0.15, 0.2) is 0 Å². The number of likely N-dealkylation sites (tertiary alicyclic amines) is 1. The zero-order valence-electron chi connectivity index (χ0n) is 12.0. The molecular weight excluding hydrogens is 266 g/mol. The Kier molecular flexibility index (Phi) is 5.82. The number of urea groups is 1. The van der Waals surface area contributed by atoms with E-state index in [2.05, 4.69) is 10.6 Å². The van der Waals surface area contributed by atoms with Gasteiger partial charge in [0.1, 0.15) is 0 Å². The molecule has 1 aromatic carbocycles. The predicted molar refractivity (Wildman–Crippen MR) is 82.4 cm³/mol. The molecular formula is C16H21N3O2. The van der Waals surface area contributed by atoms with Crippen LogP contribution in [0.15, 0.2) is 36.5 Å². The molecule has 0 aromatic heterocycles. The monoisotopic (exact) mass is 287 g/mol. The third-order valence-corrected chi connectivity index (χ3v) is 3.35. The standard InChI is InChI=1S/C16H21N3O2/c20-15-8-4-12-19(15)13-5-10-17-16(21)18-11-9-14-6-2-1-3-7-14/h1-3,6-7,9,11H,4-5,8,10,12-13H2,(H2,17,18,21)/b11-9+. The molecule has 1 heterocycles. The quantitative estimate of drug-likeness (QED) is 0.786. The Bertz CT molecular complexity index is 500. The molecule has 1 saturated heterocycles. The van der Waals surface area contributed by atoms with Gasteiger partial charge in [-0.2, -0.15) is 0 Å². The Labute approximate surface area is 125 Å². The van der Waals surface area contributed by atoms with Gasteiger partial charge < -0.3 is 15.5 Å². The molecule has 0 unspecified atom stereocenters. The van der Waals surface area contributed by atoms with E-state index in [-0.39, 0.29) is 11.9 Å². The van der Waals surface area contributed by atoms with Gasteiger partial charge in [-0.15, -0.1) is 0 Å². The molecule has 2 rings (SSSR count). The Morgan fingerprint density at radius 2 is 2.10 bits per heavy atom. The van der Waals surface area contributed by atoms with Gasteiger partial charge in [-0.3, -0.25) is 4.79 Å². The van der Waals surface area contributed by atoms with Crippen molar-refractivity contribution < 1.29 is 9.59 Å². The fourth-order valence-corrected chi connectivity index (χ4v) is 2.24. The molecule has 0 atom stereocenters. The van der Waals surface area contributed by atoms with Crippen molar-refractivity contribution >= 4 is 18.0 Å². The van der Waals surface area contributed by atoms with E-state index in [1.54, 1.807) is 6.20 Å². The molecule has 0 bridgehead atoms. The normalized spacial score (nSPS) is 14.7. The van der Waals surface area contributed by atoms with Crippen LogP contribution in [0.1, 0.15) is 24.8 Å². The third-order valence-electron chi connectivity index (χ3n) is 3.35. The molecule has 21 heavy (non-hydrogen) atoms. The maximum atomic E-state index is 11.5. The summed E-state index contributed by atoms with van der Waals surface area (Å²) in [4.78, 5) is 24.8. The molecule has 0 aliphatic carbocycles. The van der Waals surface area contributed by atoms with Crippen molar-refractivity contribution in [2.24, 2.45) is 0 Å². The van der Waals surface area contributed by atoms with E-state index in [0.717, 1.165) is 31.5 Å². The number of hydrogen-bond acceptors (Lipinski definition) is 2. The number of carbonyl (C=O) groups is 2. The van der Waals surface area contributed by atoms with Crippen LogP contribution < -0.4 is 10.6 Å². The van der Waals surface area contributed by atoms with Crippen LogP contribution in [0.3, 0.4) is 0 Å². The van der Waals surface area contributed by atoms with Gasteiger partial charge in [-0.05, 0) is 24.5 Å². The van der Waals surface area contributed by atoms with E-state index in [9.17, 15) is 9.59 Å². The lowest BCUT2D eigenvalue weighted by molar-refractivity contribution is -0.127. The highest BCUT2D eigenvalue weighted by atomic mass is 16.2. The summed E-state index contributed by atoms with van der Waals surface area (Å²) < 4.78 is 0. The van der Waals surface area contributed by atoms with E-state index in [1.165, 1.54) is 0 Å². The molecule has 5 nitrogen and oxygen atoms in total. The molecule has 2 N–H and O–H groups in total. The maximum Gasteiger partial charge on any atom is 0.318 e. The van der Waals surface area contributed by atoms with E-state index in [4.69, 9.17) is 0 Å². The first kappa shape index (κ1) is 15.1. The first-order valence-corrected chi connectivity index (χ1v) is 7.29. The summed E-state index contributed by atoms with van der Waals surface area (Å²) in [7, 11) is 0. The van der Waals surface area contributed by atoms with E-state index >= 15 is 0 Å². The molecule has 1 aliphatic rings. The van der Waals surface area contributed by atoms with Crippen molar-refractivity contribution in [3.63, 3.8) is 0 Å². The average molecular weight is 287 g/mol. The highest BCUT2D eigenvalue weighted by Crippen LogP contribution is 2.09. The molecule has 1 fully saturated rings. The largest absolute Gasteiger partial charge is 0.343 e. The minimum Gasteiger partial charge on any atom is -0.343 e. The number of nitrogens with one attached hydrogen (secondary N) is 2. The lowest BCUT2D eigenvalue weighted by Gasteiger charge is -2.15. The molecule has 1 aliphatic heterocycles. The first-order valence-electron chi connectivity index (χ1n) is 7.29. The van der Waals surface area contributed by atoms with Gasteiger partial charge in [0.2, 0.25) is 5.91 Å². The molecule has 0 radical (unpaired) electrons. The summed E-state index contributed by atoms with van der Waals surface area (Å²) in [6.45, 7) is 2.14. The number of hydrogen-bond donors (Lipinski definition) is 2. The van der Waals surface area contributed by atoms with E-state index < -0.39 is 0 Å². The number of amides is 3. The molecule has 0 spiro atoms. The Morgan fingerprint density at radius 3 is 2.81 bits per heavy atom. The first-order chi connectivity index (χ1) is 10.3.